The maximum absolute atomic E-state index is 13.0. The molecule has 2 N–H and O–H groups in total. The van der Waals surface area contributed by atoms with Crippen LogP contribution in [-0.2, 0) is 4.79 Å². The zero-order chi connectivity index (χ0) is 19.3. The van der Waals surface area contributed by atoms with Gasteiger partial charge in [0, 0.05) is 17.2 Å². The molecule has 0 unspecified atom stereocenters. The Morgan fingerprint density at radius 2 is 1.58 bits per heavy atom. The monoisotopic (exact) mass is 352 g/mol. The Labute approximate surface area is 153 Å². The van der Waals surface area contributed by atoms with Crippen molar-refractivity contribution in [2.45, 2.75) is 33.7 Å². The molecule has 136 valence electrons. The van der Waals surface area contributed by atoms with E-state index in [4.69, 9.17) is 0 Å². The maximum atomic E-state index is 13.0. The summed E-state index contributed by atoms with van der Waals surface area (Å²) >= 11 is 0. The number of benzene rings is 2. The first-order valence-corrected chi connectivity index (χ1v) is 8.58. The van der Waals surface area contributed by atoms with E-state index in [0.717, 1.165) is 11.1 Å². The summed E-state index contributed by atoms with van der Waals surface area (Å²) < 4.78 is 0. The van der Waals surface area contributed by atoms with Gasteiger partial charge in [0.15, 0.2) is 5.78 Å². The molecule has 0 saturated carbocycles. The summed E-state index contributed by atoms with van der Waals surface area (Å²) in [5.41, 5.74) is 2.99. The number of hydrogen-bond donors (Lipinski definition) is 2. The van der Waals surface area contributed by atoms with Crippen LogP contribution in [0.1, 0.15) is 51.3 Å². The van der Waals surface area contributed by atoms with Crippen LogP contribution in [0.25, 0.3) is 0 Å². The van der Waals surface area contributed by atoms with E-state index in [-0.39, 0.29) is 29.8 Å². The topological polar surface area (TPSA) is 75.3 Å². The van der Waals surface area contributed by atoms with E-state index >= 15 is 0 Å². The standard InChI is InChI=1S/C21H24N2O3/c1-13(2)23-19(24)12-22-21(26)17-8-6-5-7-16(17)20(25)18-11-14(3)9-10-15(18)4/h5-11,13H,12H2,1-4H3,(H,22,26)(H,23,24). The highest BCUT2D eigenvalue weighted by atomic mass is 16.2. The lowest BCUT2D eigenvalue weighted by atomic mass is 9.94. The first kappa shape index (κ1) is 19.4. The van der Waals surface area contributed by atoms with Crippen LogP contribution in [0.5, 0.6) is 0 Å². The van der Waals surface area contributed by atoms with Gasteiger partial charge in [-0.05, 0) is 45.4 Å². The average Bonchev–Trinajstić information content (AvgIpc) is 2.60. The van der Waals surface area contributed by atoms with E-state index in [1.165, 1.54) is 0 Å². The summed E-state index contributed by atoms with van der Waals surface area (Å²) in [7, 11) is 0. The van der Waals surface area contributed by atoms with Crippen molar-refractivity contribution in [3.8, 4) is 0 Å². The van der Waals surface area contributed by atoms with Crippen molar-refractivity contribution < 1.29 is 14.4 Å². The van der Waals surface area contributed by atoms with Crippen molar-refractivity contribution in [3.05, 3.63) is 70.3 Å². The fourth-order valence-electron chi connectivity index (χ4n) is 2.63. The molecule has 0 aromatic heterocycles. The summed E-state index contributed by atoms with van der Waals surface area (Å²) in [6.45, 7) is 7.34. The maximum Gasteiger partial charge on any atom is 0.252 e. The fourth-order valence-corrected chi connectivity index (χ4v) is 2.63. The van der Waals surface area contributed by atoms with E-state index in [9.17, 15) is 14.4 Å². The second-order valence-electron chi connectivity index (χ2n) is 6.60. The van der Waals surface area contributed by atoms with Gasteiger partial charge >= 0.3 is 0 Å². The number of nitrogens with one attached hydrogen (secondary N) is 2. The van der Waals surface area contributed by atoms with Crippen LogP contribution >= 0.6 is 0 Å². The first-order chi connectivity index (χ1) is 12.3. The molecule has 0 fully saturated rings. The number of hydrogen-bond acceptors (Lipinski definition) is 3. The summed E-state index contributed by atoms with van der Waals surface area (Å²) in [5.74, 6) is -0.923. The number of carbonyl (C=O) groups excluding carboxylic acids is 3. The van der Waals surface area contributed by atoms with E-state index in [1.54, 1.807) is 24.3 Å². The third-order valence-electron chi connectivity index (χ3n) is 3.91. The average molecular weight is 352 g/mol. The van der Waals surface area contributed by atoms with Gasteiger partial charge in [-0.25, -0.2) is 0 Å². The molecule has 2 aromatic carbocycles. The minimum Gasteiger partial charge on any atom is -0.352 e. The first-order valence-electron chi connectivity index (χ1n) is 8.58. The second kappa shape index (κ2) is 8.43. The minimum atomic E-state index is -0.446. The van der Waals surface area contributed by atoms with Gasteiger partial charge in [0.25, 0.3) is 5.91 Å². The second-order valence-corrected chi connectivity index (χ2v) is 6.60. The lowest BCUT2D eigenvalue weighted by molar-refractivity contribution is -0.120. The van der Waals surface area contributed by atoms with Crippen LogP contribution in [0.2, 0.25) is 0 Å². The van der Waals surface area contributed by atoms with Crippen molar-refractivity contribution in [2.75, 3.05) is 6.54 Å². The summed E-state index contributed by atoms with van der Waals surface area (Å²) in [6.07, 6.45) is 0. The molecule has 2 amide bonds. The quantitative estimate of drug-likeness (QED) is 0.785. The summed E-state index contributed by atoms with van der Waals surface area (Å²) in [6, 6.07) is 12.3. The smallest absolute Gasteiger partial charge is 0.252 e. The lowest BCUT2D eigenvalue weighted by Gasteiger charge is -2.12. The Hall–Kier alpha value is -2.95. The molecule has 0 atom stereocenters. The molecule has 0 spiro atoms. The number of ketones is 1. The SMILES string of the molecule is Cc1ccc(C)c(C(=O)c2ccccc2C(=O)NCC(=O)NC(C)C)c1. The third kappa shape index (κ3) is 4.79. The highest BCUT2D eigenvalue weighted by Crippen LogP contribution is 2.19. The molecule has 0 aliphatic rings. The predicted octanol–water partition coefficient (Wildman–Crippen LogP) is 2.79. The Morgan fingerprint density at radius 1 is 0.923 bits per heavy atom. The van der Waals surface area contributed by atoms with Gasteiger partial charge < -0.3 is 10.6 Å². The molecule has 2 aromatic rings. The predicted molar refractivity (Wildman–Crippen MR) is 101 cm³/mol. The molecular formula is C21H24N2O3. The number of aryl methyl sites for hydroxylation is 2. The van der Waals surface area contributed by atoms with Crippen LogP contribution in [0.15, 0.2) is 42.5 Å². The molecule has 2 rings (SSSR count). The van der Waals surface area contributed by atoms with Crippen LogP contribution < -0.4 is 10.6 Å². The van der Waals surface area contributed by atoms with Gasteiger partial charge in [0.05, 0.1) is 12.1 Å². The van der Waals surface area contributed by atoms with Crippen LogP contribution in [0.3, 0.4) is 0 Å². The van der Waals surface area contributed by atoms with Crippen molar-refractivity contribution in [2.24, 2.45) is 0 Å². The highest BCUT2D eigenvalue weighted by molar-refractivity contribution is 6.16. The molecule has 0 aliphatic heterocycles. The van der Waals surface area contributed by atoms with Gasteiger partial charge in [-0.1, -0.05) is 35.9 Å². The molecule has 0 bridgehead atoms. The molecule has 0 radical (unpaired) electrons. The van der Waals surface area contributed by atoms with Gasteiger partial charge in [0.1, 0.15) is 0 Å². The van der Waals surface area contributed by atoms with Gasteiger partial charge in [-0.15, -0.1) is 0 Å². The Kier molecular flexibility index (Phi) is 6.28. The van der Waals surface area contributed by atoms with Crippen molar-refractivity contribution in [1.29, 1.82) is 0 Å². The van der Waals surface area contributed by atoms with Crippen LogP contribution in [-0.4, -0.2) is 30.2 Å². The van der Waals surface area contributed by atoms with Crippen molar-refractivity contribution in [3.63, 3.8) is 0 Å². The zero-order valence-corrected chi connectivity index (χ0v) is 15.6. The molecule has 5 heteroatoms. The van der Waals surface area contributed by atoms with Gasteiger partial charge in [-0.3, -0.25) is 14.4 Å². The van der Waals surface area contributed by atoms with Crippen molar-refractivity contribution in [1.82, 2.24) is 10.6 Å². The Morgan fingerprint density at radius 3 is 2.23 bits per heavy atom. The summed E-state index contributed by atoms with van der Waals surface area (Å²) in [4.78, 5) is 37.2. The third-order valence-corrected chi connectivity index (χ3v) is 3.91. The highest BCUT2D eigenvalue weighted by Gasteiger charge is 2.19. The van der Waals surface area contributed by atoms with E-state index in [1.807, 2.05) is 45.9 Å². The minimum absolute atomic E-state index is 0.00226. The molecule has 0 aliphatic carbocycles. The van der Waals surface area contributed by atoms with E-state index in [2.05, 4.69) is 10.6 Å². The van der Waals surface area contributed by atoms with E-state index in [0.29, 0.717) is 11.1 Å². The van der Waals surface area contributed by atoms with Gasteiger partial charge in [0.2, 0.25) is 5.91 Å². The Bertz CT molecular complexity index is 841. The van der Waals surface area contributed by atoms with Crippen LogP contribution in [0, 0.1) is 13.8 Å². The number of carbonyl (C=O) groups is 3. The van der Waals surface area contributed by atoms with Crippen molar-refractivity contribution >= 4 is 17.6 Å². The van der Waals surface area contributed by atoms with Gasteiger partial charge in [-0.2, -0.15) is 0 Å². The zero-order valence-electron chi connectivity index (χ0n) is 15.6. The molecule has 0 heterocycles. The van der Waals surface area contributed by atoms with Crippen LogP contribution in [0.4, 0.5) is 0 Å². The normalized spacial score (nSPS) is 10.5. The molecular weight excluding hydrogens is 328 g/mol. The Balaban J connectivity index is 2.24. The number of amides is 2. The fraction of sp³-hybridized carbons (Fsp3) is 0.286. The molecule has 0 saturated heterocycles. The lowest BCUT2D eigenvalue weighted by Crippen LogP contribution is -2.40. The number of rotatable bonds is 6. The van der Waals surface area contributed by atoms with E-state index < -0.39 is 5.91 Å². The summed E-state index contributed by atoms with van der Waals surface area (Å²) in [5, 5.41) is 5.28. The largest absolute Gasteiger partial charge is 0.352 e. The molecule has 26 heavy (non-hydrogen) atoms. The molecule has 5 nitrogen and oxygen atoms in total.